The predicted octanol–water partition coefficient (Wildman–Crippen LogP) is 2.78. The Kier molecular flexibility index (Phi) is 4.94. The first-order valence-corrected chi connectivity index (χ1v) is 10.6. The second-order valence-electron chi connectivity index (χ2n) is 5.75. The number of amides is 1. The number of rotatable bonds is 4. The van der Waals surface area contributed by atoms with Crippen molar-refractivity contribution in [3.8, 4) is 0 Å². The van der Waals surface area contributed by atoms with Crippen LogP contribution < -0.4 is 4.80 Å². The largest absolute Gasteiger partial charge is 0.317 e. The number of fused-ring (bicyclic) bond motifs is 1. The topological polar surface area (TPSA) is 112 Å². The zero-order valence-corrected chi connectivity index (χ0v) is 16.1. The van der Waals surface area contributed by atoms with Crippen molar-refractivity contribution < 1.29 is 18.1 Å². The van der Waals surface area contributed by atoms with Gasteiger partial charge in [0.25, 0.3) is 11.6 Å². The van der Waals surface area contributed by atoms with E-state index in [1.54, 1.807) is 10.6 Å². The van der Waals surface area contributed by atoms with Crippen LogP contribution in [0.3, 0.4) is 0 Å². The highest BCUT2D eigenvalue weighted by Gasteiger charge is 2.13. The maximum atomic E-state index is 12.5. The molecule has 0 radical (unpaired) electrons. The van der Waals surface area contributed by atoms with Crippen LogP contribution in [-0.2, 0) is 16.4 Å². The van der Waals surface area contributed by atoms with Crippen molar-refractivity contribution in [1.82, 2.24) is 4.57 Å². The van der Waals surface area contributed by atoms with Gasteiger partial charge in [-0.15, -0.1) is 0 Å². The lowest BCUT2D eigenvalue weighted by Crippen LogP contribution is -2.15. The van der Waals surface area contributed by atoms with Gasteiger partial charge in [0.1, 0.15) is 0 Å². The molecule has 0 N–H and O–H groups in total. The highest BCUT2D eigenvalue weighted by atomic mass is 32.2. The third-order valence-electron chi connectivity index (χ3n) is 3.92. The van der Waals surface area contributed by atoms with Crippen LogP contribution in [0.1, 0.15) is 17.3 Å². The lowest BCUT2D eigenvalue weighted by atomic mass is 10.2. The summed E-state index contributed by atoms with van der Waals surface area (Å²) in [5, 5.41) is 10.9. The second-order valence-corrected chi connectivity index (χ2v) is 8.78. The Bertz CT molecular complexity index is 1220. The smallest absolute Gasteiger partial charge is 0.279 e. The van der Waals surface area contributed by atoms with Crippen LogP contribution in [0.15, 0.2) is 52.4 Å². The Balaban J connectivity index is 2.06. The van der Waals surface area contributed by atoms with Gasteiger partial charge in [-0.2, -0.15) is 4.99 Å². The zero-order chi connectivity index (χ0) is 19.8. The third-order valence-corrected chi connectivity index (χ3v) is 6.09. The van der Waals surface area contributed by atoms with Crippen molar-refractivity contribution >= 4 is 43.0 Å². The number of aryl methyl sites for hydroxylation is 1. The molecule has 8 nitrogen and oxygen atoms in total. The van der Waals surface area contributed by atoms with Crippen molar-refractivity contribution in [3.63, 3.8) is 0 Å². The van der Waals surface area contributed by atoms with Gasteiger partial charge in [-0.25, -0.2) is 8.42 Å². The summed E-state index contributed by atoms with van der Waals surface area (Å²) in [7, 11) is -3.34. The highest BCUT2D eigenvalue weighted by molar-refractivity contribution is 7.90. The van der Waals surface area contributed by atoms with Gasteiger partial charge >= 0.3 is 0 Å². The van der Waals surface area contributed by atoms with E-state index in [2.05, 4.69) is 4.99 Å². The minimum Gasteiger partial charge on any atom is -0.317 e. The lowest BCUT2D eigenvalue weighted by molar-refractivity contribution is -0.384. The number of sulfone groups is 1. The molecule has 140 valence electrons. The normalized spacial score (nSPS) is 12.4. The minimum absolute atomic E-state index is 0.0266. The monoisotopic (exact) mass is 405 g/mol. The van der Waals surface area contributed by atoms with E-state index in [-0.39, 0.29) is 16.1 Å². The molecule has 3 aromatic rings. The van der Waals surface area contributed by atoms with Gasteiger partial charge in [-0.1, -0.05) is 11.3 Å². The van der Waals surface area contributed by atoms with Crippen molar-refractivity contribution in [1.29, 1.82) is 0 Å². The van der Waals surface area contributed by atoms with E-state index in [0.717, 1.165) is 11.8 Å². The van der Waals surface area contributed by atoms with Gasteiger partial charge in [0.15, 0.2) is 14.6 Å². The molecule has 27 heavy (non-hydrogen) atoms. The van der Waals surface area contributed by atoms with Crippen LogP contribution in [0.4, 0.5) is 5.69 Å². The van der Waals surface area contributed by atoms with E-state index in [1.165, 1.54) is 47.7 Å². The Morgan fingerprint density at radius 1 is 1.22 bits per heavy atom. The number of non-ortho nitro benzene ring substituents is 1. The summed E-state index contributed by atoms with van der Waals surface area (Å²) < 4.78 is 25.5. The van der Waals surface area contributed by atoms with Crippen LogP contribution in [0, 0.1) is 10.1 Å². The van der Waals surface area contributed by atoms with Gasteiger partial charge in [0, 0.05) is 30.5 Å². The van der Waals surface area contributed by atoms with Gasteiger partial charge in [-0.3, -0.25) is 14.9 Å². The quantitative estimate of drug-likeness (QED) is 0.489. The number of nitrogens with zero attached hydrogens (tertiary/aromatic N) is 3. The minimum atomic E-state index is -3.34. The molecule has 0 unspecified atom stereocenters. The van der Waals surface area contributed by atoms with Crippen LogP contribution in [0.5, 0.6) is 0 Å². The van der Waals surface area contributed by atoms with Crippen LogP contribution in [-0.4, -0.2) is 30.1 Å². The molecule has 0 spiro atoms. The van der Waals surface area contributed by atoms with Crippen LogP contribution in [0.2, 0.25) is 0 Å². The number of thiazole rings is 1. The molecular formula is C17H15N3O5S2. The number of carbonyl (C=O) groups excluding carboxylic acids is 1. The van der Waals surface area contributed by atoms with Gasteiger partial charge in [0.2, 0.25) is 0 Å². The Morgan fingerprint density at radius 3 is 2.44 bits per heavy atom. The summed E-state index contributed by atoms with van der Waals surface area (Å²) >= 11 is 1.19. The number of nitro benzene ring substituents is 1. The molecule has 0 aliphatic rings. The fourth-order valence-electron chi connectivity index (χ4n) is 2.56. The first-order chi connectivity index (χ1) is 12.7. The van der Waals surface area contributed by atoms with Gasteiger partial charge in [-0.05, 0) is 37.3 Å². The Morgan fingerprint density at radius 2 is 1.89 bits per heavy atom. The maximum absolute atomic E-state index is 12.5. The second kappa shape index (κ2) is 7.05. The number of carbonyl (C=O) groups is 1. The highest BCUT2D eigenvalue weighted by Crippen LogP contribution is 2.23. The summed E-state index contributed by atoms with van der Waals surface area (Å²) in [5.41, 5.74) is 0.988. The Hall–Kier alpha value is -2.85. The SMILES string of the molecule is CCn1c(=NC(=O)c2ccc(S(C)(=O)=O)cc2)sc2cc([N+](=O)[O-])ccc21. The number of hydrogen-bond donors (Lipinski definition) is 0. The fraction of sp³-hybridized carbons (Fsp3) is 0.176. The average molecular weight is 405 g/mol. The van der Waals surface area contributed by atoms with Gasteiger partial charge in [0.05, 0.1) is 20.0 Å². The molecular weight excluding hydrogens is 390 g/mol. The van der Waals surface area contributed by atoms with E-state index in [9.17, 15) is 23.3 Å². The lowest BCUT2D eigenvalue weighted by Gasteiger charge is -2.01. The summed E-state index contributed by atoms with van der Waals surface area (Å²) in [5.74, 6) is -0.515. The van der Waals surface area contributed by atoms with E-state index >= 15 is 0 Å². The summed E-state index contributed by atoms with van der Waals surface area (Å²) in [4.78, 5) is 27.6. The van der Waals surface area contributed by atoms with Crippen molar-refractivity contribution in [3.05, 3.63) is 62.9 Å². The molecule has 0 atom stereocenters. The van der Waals surface area contributed by atoms with E-state index in [0.29, 0.717) is 16.0 Å². The summed E-state index contributed by atoms with van der Waals surface area (Å²) in [6.07, 6.45) is 1.09. The van der Waals surface area contributed by atoms with Crippen molar-refractivity contribution in [2.45, 2.75) is 18.4 Å². The predicted molar refractivity (Wildman–Crippen MR) is 102 cm³/mol. The molecule has 10 heteroatoms. The molecule has 3 rings (SSSR count). The standard InChI is InChI=1S/C17H15N3O5S2/c1-3-19-14-9-6-12(20(22)23)10-15(14)26-17(19)18-16(21)11-4-7-13(8-5-11)27(2,24)25/h4-10H,3H2,1-2H3. The molecule has 0 saturated carbocycles. The van der Waals surface area contributed by atoms with Crippen LogP contribution >= 0.6 is 11.3 Å². The van der Waals surface area contributed by atoms with Crippen LogP contribution in [0.25, 0.3) is 10.2 Å². The number of aromatic nitrogens is 1. The van der Waals surface area contributed by atoms with Crippen molar-refractivity contribution in [2.24, 2.45) is 4.99 Å². The summed E-state index contributed by atoms with van der Waals surface area (Å²) in [6.45, 7) is 2.43. The molecule has 0 fully saturated rings. The number of hydrogen-bond acceptors (Lipinski definition) is 6. The van der Waals surface area contributed by atoms with Gasteiger partial charge < -0.3 is 4.57 Å². The van der Waals surface area contributed by atoms with E-state index in [1.807, 2.05) is 6.92 Å². The first-order valence-electron chi connectivity index (χ1n) is 7.87. The molecule has 1 heterocycles. The van der Waals surface area contributed by atoms with E-state index in [4.69, 9.17) is 0 Å². The molecule has 0 aliphatic heterocycles. The third kappa shape index (κ3) is 3.81. The number of benzene rings is 2. The molecule has 1 amide bonds. The molecule has 0 saturated heterocycles. The molecule has 1 aromatic heterocycles. The molecule has 0 bridgehead atoms. The molecule has 0 aliphatic carbocycles. The fourth-order valence-corrected chi connectivity index (χ4v) is 4.32. The number of nitro groups is 1. The average Bonchev–Trinajstić information content (AvgIpc) is 2.96. The van der Waals surface area contributed by atoms with Crippen molar-refractivity contribution in [2.75, 3.05) is 6.26 Å². The Labute approximate surface area is 158 Å². The van der Waals surface area contributed by atoms with E-state index < -0.39 is 20.7 Å². The summed E-state index contributed by atoms with van der Waals surface area (Å²) in [6, 6.07) is 10.1. The molecule has 2 aromatic carbocycles. The first kappa shape index (κ1) is 18.9. The maximum Gasteiger partial charge on any atom is 0.279 e. The zero-order valence-electron chi connectivity index (χ0n) is 14.4.